The Morgan fingerprint density at radius 2 is 1.73 bits per heavy atom. The van der Waals surface area contributed by atoms with Crippen molar-refractivity contribution in [1.82, 2.24) is 9.78 Å². The van der Waals surface area contributed by atoms with Gasteiger partial charge in [-0.15, -0.1) is 0 Å². The van der Waals surface area contributed by atoms with Crippen LogP contribution in [0, 0.1) is 0 Å². The van der Waals surface area contributed by atoms with Gasteiger partial charge in [0, 0.05) is 59.1 Å². The lowest BCUT2D eigenvalue weighted by Crippen LogP contribution is -2.10. The topological polar surface area (TPSA) is 117 Å². The van der Waals surface area contributed by atoms with Crippen LogP contribution in [0.3, 0.4) is 0 Å². The second-order valence-electron chi connectivity index (χ2n) is 10.9. The Hall–Kier alpha value is -5.45. The first-order valence-corrected chi connectivity index (χ1v) is 15.8. The summed E-state index contributed by atoms with van der Waals surface area (Å²) >= 11 is 0. The molecule has 0 amide bonds. The molecule has 0 unspecified atom stereocenters. The van der Waals surface area contributed by atoms with Gasteiger partial charge in [-0.2, -0.15) is 5.10 Å². The quantitative estimate of drug-likeness (QED) is 0.102. The van der Waals surface area contributed by atoms with Crippen LogP contribution in [0.4, 0.5) is 0 Å². The SMILES string of the molecule is CCCCn1cc(/C=C(\Cc2cc3c(cc2OC)OCO3)C(=O)OCC)c(-c2ccc(OC)cc2OCc2ccccc2C(=O)OC)n1. The summed E-state index contributed by atoms with van der Waals surface area (Å²) in [6.07, 6.45) is 5.82. The highest BCUT2D eigenvalue weighted by atomic mass is 16.7. The van der Waals surface area contributed by atoms with E-state index in [1.165, 1.54) is 7.11 Å². The Morgan fingerprint density at radius 3 is 2.46 bits per heavy atom. The number of unbranched alkanes of at least 4 members (excludes halogenated alkanes) is 1. The molecule has 1 aliphatic heterocycles. The number of ether oxygens (including phenoxy) is 7. The molecule has 11 nitrogen and oxygen atoms in total. The molecule has 0 bridgehead atoms. The van der Waals surface area contributed by atoms with Crippen LogP contribution in [0.5, 0.6) is 28.7 Å². The zero-order chi connectivity index (χ0) is 34.0. The maximum absolute atomic E-state index is 13.4. The zero-order valence-corrected chi connectivity index (χ0v) is 27.9. The van der Waals surface area contributed by atoms with E-state index in [1.54, 1.807) is 51.5 Å². The third kappa shape index (κ3) is 7.74. The largest absolute Gasteiger partial charge is 0.497 e. The molecule has 252 valence electrons. The molecule has 48 heavy (non-hydrogen) atoms. The number of nitrogens with zero attached hydrogens (tertiary/aromatic N) is 2. The van der Waals surface area contributed by atoms with Gasteiger partial charge in [0.2, 0.25) is 6.79 Å². The van der Waals surface area contributed by atoms with Crippen molar-refractivity contribution in [2.75, 3.05) is 34.7 Å². The molecule has 0 atom stereocenters. The van der Waals surface area contributed by atoms with Gasteiger partial charge in [0.15, 0.2) is 11.5 Å². The first kappa shape index (κ1) is 33.9. The number of rotatable bonds is 15. The molecular weight excluding hydrogens is 616 g/mol. The predicted molar refractivity (Wildman–Crippen MR) is 179 cm³/mol. The first-order valence-electron chi connectivity index (χ1n) is 15.8. The molecule has 0 radical (unpaired) electrons. The monoisotopic (exact) mass is 656 g/mol. The average molecular weight is 657 g/mol. The van der Waals surface area contributed by atoms with Crippen molar-refractivity contribution in [3.8, 4) is 40.0 Å². The van der Waals surface area contributed by atoms with Gasteiger partial charge in [-0.25, -0.2) is 9.59 Å². The Kier molecular flexibility index (Phi) is 11.2. The molecular formula is C37H40N2O9. The number of hydrogen-bond donors (Lipinski definition) is 0. The second-order valence-corrected chi connectivity index (χ2v) is 10.9. The summed E-state index contributed by atoms with van der Waals surface area (Å²) in [5, 5.41) is 4.96. The Labute approximate surface area is 279 Å². The molecule has 3 aromatic carbocycles. The molecule has 0 saturated carbocycles. The van der Waals surface area contributed by atoms with Gasteiger partial charge in [0.05, 0.1) is 33.5 Å². The first-order chi connectivity index (χ1) is 23.4. The third-order valence-electron chi connectivity index (χ3n) is 7.80. The fourth-order valence-electron chi connectivity index (χ4n) is 5.33. The van der Waals surface area contributed by atoms with E-state index in [0.717, 1.165) is 18.4 Å². The van der Waals surface area contributed by atoms with E-state index < -0.39 is 11.9 Å². The average Bonchev–Trinajstić information content (AvgIpc) is 3.75. The maximum atomic E-state index is 13.4. The Balaban J connectivity index is 1.59. The summed E-state index contributed by atoms with van der Waals surface area (Å²) in [6.45, 7) is 4.98. The van der Waals surface area contributed by atoms with Crippen LogP contribution in [0.2, 0.25) is 0 Å². The highest BCUT2D eigenvalue weighted by Gasteiger charge is 2.23. The molecule has 0 N–H and O–H groups in total. The van der Waals surface area contributed by atoms with E-state index in [9.17, 15) is 9.59 Å². The lowest BCUT2D eigenvalue weighted by atomic mass is 9.99. The zero-order valence-electron chi connectivity index (χ0n) is 27.9. The number of aryl methyl sites for hydroxylation is 1. The van der Waals surface area contributed by atoms with Crippen LogP contribution in [0.25, 0.3) is 17.3 Å². The molecule has 4 aromatic rings. The van der Waals surface area contributed by atoms with Gasteiger partial charge in [0.1, 0.15) is 29.5 Å². The van der Waals surface area contributed by atoms with Gasteiger partial charge < -0.3 is 33.2 Å². The van der Waals surface area contributed by atoms with Crippen molar-refractivity contribution < 1.29 is 42.7 Å². The lowest BCUT2D eigenvalue weighted by molar-refractivity contribution is -0.138. The number of fused-ring (bicyclic) bond motifs is 1. The summed E-state index contributed by atoms with van der Waals surface area (Å²) in [5.74, 6) is 1.88. The molecule has 0 fully saturated rings. The van der Waals surface area contributed by atoms with Gasteiger partial charge in [-0.3, -0.25) is 4.68 Å². The normalized spacial score (nSPS) is 12.1. The number of carbonyl (C=O) groups is 2. The van der Waals surface area contributed by atoms with Gasteiger partial charge in [0.25, 0.3) is 0 Å². The van der Waals surface area contributed by atoms with Crippen molar-refractivity contribution >= 4 is 18.0 Å². The number of carbonyl (C=O) groups excluding carboxylic acids is 2. The molecule has 1 aromatic heterocycles. The van der Waals surface area contributed by atoms with Gasteiger partial charge in [-0.1, -0.05) is 31.5 Å². The minimum Gasteiger partial charge on any atom is -0.497 e. The number of hydrogen-bond acceptors (Lipinski definition) is 10. The van der Waals surface area contributed by atoms with E-state index in [1.807, 2.05) is 41.2 Å². The summed E-state index contributed by atoms with van der Waals surface area (Å²) in [5.41, 5.74) is 4.18. The Bertz CT molecular complexity index is 1790. The van der Waals surface area contributed by atoms with E-state index in [-0.39, 0.29) is 26.4 Å². The van der Waals surface area contributed by atoms with Crippen LogP contribution >= 0.6 is 0 Å². The van der Waals surface area contributed by atoms with Crippen molar-refractivity contribution in [3.63, 3.8) is 0 Å². The minimum absolute atomic E-state index is 0.0884. The van der Waals surface area contributed by atoms with E-state index in [2.05, 4.69) is 6.92 Å². The summed E-state index contributed by atoms with van der Waals surface area (Å²) in [4.78, 5) is 25.9. The molecule has 1 aliphatic rings. The highest BCUT2D eigenvalue weighted by Crippen LogP contribution is 2.40. The molecule has 11 heteroatoms. The Morgan fingerprint density at radius 1 is 0.938 bits per heavy atom. The smallest absolute Gasteiger partial charge is 0.338 e. The summed E-state index contributed by atoms with van der Waals surface area (Å²) < 4.78 is 41.0. The van der Waals surface area contributed by atoms with Crippen LogP contribution < -0.4 is 23.7 Å². The van der Waals surface area contributed by atoms with E-state index in [0.29, 0.717) is 68.8 Å². The number of methoxy groups -OCH3 is 3. The van der Waals surface area contributed by atoms with Crippen LogP contribution in [0.1, 0.15) is 53.7 Å². The van der Waals surface area contributed by atoms with Crippen molar-refractivity contribution in [3.05, 3.63) is 88.6 Å². The fraction of sp³-hybridized carbons (Fsp3) is 0.324. The number of esters is 2. The lowest BCUT2D eigenvalue weighted by Gasteiger charge is -2.15. The van der Waals surface area contributed by atoms with Crippen molar-refractivity contribution in [1.29, 1.82) is 0 Å². The van der Waals surface area contributed by atoms with E-state index in [4.69, 9.17) is 38.3 Å². The fourth-order valence-corrected chi connectivity index (χ4v) is 5.33. The minimum atomic E-state index is -0.463. The molecule has 0 aliphatic carbocycles. The molecule has 0 saturated heterocycles. The maximum Gasteiger partial charge on any atom is 0.338 e. The predicted octanol–water partition coefficient (Wildman–Crippen LogP) is 6.65. The summed E-state index contributed by atoms with van der Waals surface area (Å²) in [7, 11) is 4.49. The highest BCUT2D eigenvalue weighted by molar-refractivity contribution is 5.96. The van der Waals surface area contributed by atoms with Crippen LogP contribution in [-0.4, -0.2) is 56.4 Å². The van der Waals surface area contributed by atoms with Crippen LogP contribution in [-0.2, 0) is 33.8 Å². The molecule has 5 rings (SSSR count). The summed E-state index contributed by atoms with van der Waals surface area (Å²) in [6, 6.07) is 16.2. The standard InChI is InChI=1S/C37H40N2O9/c1-6-8-15-39-21-27(17-26(36(40)45-7-2)16-25-18-33-34(48-23-47-33)20-31(25)43-4)35(38-39)30-14-13-28(42-3)19-32(30)46-22-24-11-9-10-12-29(24)37(41)44-5/h9-14,17-21H,6-8,15-16,22-23H2,1-5H3/b26-17+. The van der Waals surface area contributed by atoms with Crippen molar-refractivity contribution in [2.45, 2.75) is 46.3 Å². The third-order valence-corrected chi connectivity index (χ3v) is 7.80. The van der Waals surface area contributed by atoms with Gasteiger partial charge in [-0.05, 0) is 43.7 Å². The van der Waals surface area contributed by atoms with E-state index >= 15 is 0 Å². The molecule has 0 spiro atoms. The van der Waals surface area contributed by atoms with Gasteiger partial charge >= 0.3 is 11.9 Å². The molecule has 2 heterocycles. The number of aromatic nitrogens is 2. The van der Waals surface area contributed by atoms with Crippen LogP contribution in [0.15, 0.2) is 66.4 Å². The number of benzene rings is 3. The second kappa shape index (κ2) is 15.9. The van der Waals surface area contributed by atoms with Crippen molar-refractivity contribution in [2.24, 2.45) is 0 Å².